The summed E-state index contributed by atoms with van der Waals surface area (Å²) < 4.78 is 26.2. The highest BCUT2D eigenvalue weighted by Gasteiger charge is 2.34. The second-order valence-corrected chi connectivity index (χ2v) is 5.87. The Morgan fingerprint density at radius 1 is 1.17 bits per heavy atom. The maximum atomic E-state index is 13.3. The van der Waals surface area contributed by atoms with E-state index >= 15 is 0 Å². The lowest BCUT2D eigenvalue weighted by atomic mass is 9.70. The first-order valence-corrected chi connectivity index (χ1v) is 6.67. The van der Waals surface area contributed by atoms with Gasteiger partial charge in [0.1, 0.15) is 0 Å². The number of hydrogen-bond donors (Lipinski definition) is 1. The van der Waals surface area contributed by atoms with E-state index in [0.29, 0.717) is 11.8 Å². The van der Waals surface area contributed by atoms with Gasteiger partial charge >= 0.3 is 0 Å². The maximum Gasteiger partial charge on any atom is 0.159 e. The van der Waals surface area contributed by atoms with E-state index in [1.165, 1.54) is 12.1 Å². The van der Waals surface area contributed by atoms with Gasteiger partial charge in [-0.3, -0.25) is 0 Å². The van der Waals surface area contributed by atoms with Crippen LogP contribution in [0.5, 0.6) is 0 Å². The molecule has 18 heavy (non-hydrogen) atoms. The first kappa shape index (κ1) is 13.5. The van der Waals surface area contributed by atoms with Gasteiger partial charge in [0.15, 0.2) is 11.6 Å². The third-order valence-corrected chi connectivity index (χ3v) is 4.36. The number of hydrogen-bond acceptors (Lipinski definition) is 1. The number of halogens is 2. The zero-order chi connectivity index (χ0) is 13.3. The van der Waals surface area contributed by atoms with Gasteiger partial charge < -0.3 is 5.73 Å². The minimum Gasteiger partial charge on any atom is -0.321 e. The van der Waals surface area contributed by atoms with Crippen LogP contribution in [0.15, 0.2) is 18.2 Å². The highest BCUT2D eigenvalue weighted by atomic mass is 19.2. The van der Waals surface area contributed by atoms with Crippen LogP contribution in [-0.4, -0.2) is 0 Å². The Bertz CT molecular complexity index is 421. The molecule has 0 spiro atoms. The van der Waals surface area contributed by atoms with E-state index < -0.39 is 17.2 Å². The van der Waals surface area contributed by atoms with Crippen molar-refractivity contribution in [2.24, 2.45) is 17.6 Å². The van der Waals surface area contributed by atoms with Crippen LogP contribution < -0.4 is 5.73 Å². The summed E-state index contributed by atoms with van der Waals surface area (Å²) in [6.45, 7) is 4.46. The Kier molecular flexibility index (Phi) is 3.71. The van der Waals surface area contributed by atoms with Crippen molar-refractivity contribution in [2.45, 2.75) is 45.1 Å². The Morgan fingerprint density at radius 2 is 1.78 bits per heavy atom. The molecule has 0 amide bonds. The Balaban J connectivity index is 2.15. The minimum atomic E-state index is -0.807. The van der Waals surface area contributed by atoms with Crippen LogP contribution >= 0.6 is 0 Å². The highest BCUT2D eigenvalue weighted by molar-refractivity contribution is 5.26. The maximum absolute atomic E-state index is 13.3. The summed E-state index contributed by atoms with van der Waals surface area (Å²) in [6.07, 6.45) is 3.82. The smallest absolute Gasteiger partial charge is 0.159 e. The van der Waals surface area contributed by atoms with Crippen molar-refractivity contribution in [3.8, 4) is 0 Å². The van der Waals surface area contributed by atoms with Crippen LogP contribution in [-0.2, 0) is 5.54 Å². The van der Waals surface area contributed by atoms with Gasteiger partial charge in [0.2, 0.25) is 0 Å². The third kappa shape index (κ3) is 2.56. The zero-order valence-electron chi connectivity index (χ0n) is 11.0. The van der Waals surface area contributed by atoms with Gasteiger partial charge in [0.25, 0.3) is 0 Å². The van der Waals surface area contributed by atoms with Crippen molar-refractivity contribution in [2.75, 3.05) is 0 Å². The van der Waals surface area contributed by atoms with Crippen LogP contribution in [0.1, 0.15) is 45.1 Å². The van der Waals surface area contributed by atoms with Crippen LogP contribution in [0.2, 0.25) is 0 Å². The second kappa shape index (κ2) is 4.96. The lowest BCUT2D eigenvalue weighted by Crippen LogP contribution is -2.41. The summed E-state index contributed by atoms with van der Waals surface area (Å²) in [6, 6.07) is 4.05. The fourth-order valence-corrected chi connectivity index (χ4v) is 2.92. The van der Waals surface area contributed by atoms with Crippen LogP contribution in [0.25, 0.3) is 0 Å². The zero-order valence-corrected chi connectivity index (χ0v) is 11.0. The molecule has 0 saturated heterocycles. The van der Waals surface area contributed by atoms with Crippen LogP contribution in [0.3, 0.4) is 0 Å². The number of rotatable bonds is 2. The van der Waals surface area contributed by atoms with Crippen molar-refractivity contribution < 1.29 is 8.78 Å². The van der Waals surface area contributed by atoms with E-state index in [4.69, 9.17) is 5.73 Å². The summed E-state index contributed by atoms with van der Waals surface area (Å²) in [7, 11) is 0. The Hall–Kier alpha value is -0.960. The molecule has 3 heteroatoms. The van der Waals surface area contributed by atoms with Crippen molar-refractivity contribution in [3.05, 3.63) is 35.4 Å². The lowest BCUT2D eigenvalue weighted by molar-refractivity contribution is 0.195. The molecule has 0 aliphatic heterocycles. The van der Waals surface area contributed by atoms with Gasteiger partial charge in [-0.2, -0.15) is 0 Å². The van der Waals surface area contributed by atoms with Crippen molar-refractivity contribution in [1.82, 2.24) is 0 Å². The molecule has 0 atom stereocenters. The van der Waals surface area contributed by atoms with E-state index in [9.17, 15) is 8.78 Å². The molecule has 1 saturated carbocycles. The molecular weight excluding hydrogens is 232 g/mol. The molecule has 2 rings (SSSR count). The summed E-state index contributed by atoms with van der Waals surface area (Å²) in [4.78, 5) is 0. The molecule has 100 valence electrons. The first-order valence-electron chi connectivity index (χ1n) is 6.67. The predicted octanol–water partition coefficient (Wildman–Crippen LogP) is 3.97. The highest BCUT2D eigenvalue weighted by Crippen LogP contribution is 2.40. The quantitative estimate of drug-likeness (QED) is 0.848. The Morgan fingerprint density at radius 3 is 2.28 bits per heavy atom. The molecular formula is C15H21F2N. The van der Waals surface area contributed by atoms with Gasteiger partial charge in [0, 0.05) is 5.54 Å². The van der Waals surface area contributed by atoms with E-state index in [1.807, 2.05) is 0 Å². The topological polar surface area (TPSA) is 26.0 Å². The summed E-state index contributed by atoms with van der Waals surface area (Å²) in [5.41, 5.74) is 6.61. The van der Waals surface area contributed by atoms with Gasteiger partial charge in [-0.25, -0.2) is 8.78 Å². The van der Waals surface area contributed by atoms with Gasteiger partial charge in [0.05, 0.1) is 0 Å². The summed E-state index contributed by atoms with van der Waals surface area (Å²) in [5.74, 6) is -0.243. The van der Waals surface area contributed by atoms with Crippen molar-refractivity contribution >= 4 is 0 Å². The number of benzene rings is 1. The molecule has 1 fully saturated rings. The average molecular weight is 253 g/mol. The fourth-order valence-electron chi connectivity index (χ4n) is 2.92. The van der Waals surface area contributed by atoms with Crippen LogP contribution in [0, 0.1) is 23.5 Å². The normalized spacial score (nSPS) is 28.7. The molecule has 0 unspecified atom stereocenters. The Labute approximate surface area is 107 Å². The summed E-state index contributed by atoms with van der Waals surface area (Å²) in [5, 5.41) is 0. The molecule has 0 heterocycles. The molecule has 2 N–H and O–H groups in total. The van der Waals surface area contributed by atoms with E-state index in [-0.39, 0.29) is 0 Å². The lowest BCUT2D eigenvalue weighted by Gasteiger charge is -2.39. The molecule has 1 aromatic carbocycles. The standard InChI is InChI=1S/C15H21F2N/c1-10(2)11-5-7-15(18,8-6-11)12-3-4-13(16)14(17)9-12/h3-4,9-11H,5-8,18H2,1-2H3. The molecule has 1 aliphatic carbocycles. The van der Waals surface area contributed by atoms with Gasteiger partial charge in [-0.05, 0) is 55.2 Å². The van der Waals surface area contributed by atoms with Crippen molar-refractivity contribution in [3.63, 3.8) is 0 Å². The molecule has 0 radical (unpaired) electrons. The van der Waals surface area contributed by atoms with E-state index in [2.05, 4.69) is 13.8 Å². The molecule has 0 bridgehead atoms. The van der Waals surface area contributed by atoms with Gasteiger partial charge in [-0.15, -0.1) is 0 Å². The SMILES string of the molecule is CC(C)C1CCC(N)(c2ccc(F)c(F)c2)CC1. The van der Waals surface area contributed by atoms with E-state index in [1.54, 1.807) is 6.07 Å². The second-order valence-electron chi connectivity index (χ2n) is 5.87. The third-order valence-electron chi connectivity index (χ3n) is 4.36. The first-order chi connectivity index (χ1) is 8.42. The van der Waals surface area contributed by atoms with Crippen LogP contribution in [0.4, 0.5) is 8.78 Å². The van der Waals surface area contributed by atoms with E-state index in [0.717, 1.165) is 31.2 Å². The van der Waals surface area contributed by atoms with Gasteiger partial charge in [-0.1, -0.05) is 19.9 Å². The van der Waals surface area contributed by atoms with Crippen molar-refractivity contribution in [1.29, 1.82) is 0 Å². The molecule has 1 nitrogen and oxygen atoms in total. The molecule has 1 aromatic rings. The minimum absolute atomic E-state index is 0.486. The average Bonchev–Trinajstić information content (AvgIpc) is 2.33. The number of nitrogens with two attached hydrogens (primary N) is 1. The molecule has 1 aliphatic rings. The largest absolute Gasteiger partial charge is 0.321 e. The molecule has 0 aromatic heterocycles. The monoisotopic (exact) mass is 253 g/mol. The predicted molar refractivity (Wildman–Crippen MR) is 69.0 cm³/mol. The fraction of sp³-hybridized carbons (Fsp3) is 0.600. The summed E-state index contributed by atoms with van der Waals surface area (Å²) >= 11 is 0.